The molecule has 2 rings (SSSR count). The lowest BCUT2D eigenvalue weighted by Crippen LogP contribution is -1.96. The molecule has 0 unspecified atom stereocenters. The monoisotopic (exact) mass is 233 g/mol. The van der Waals surface area contributed by atoms with Crippen LogP contribution in [0.5, 0.6) is 5.75 Å². The smallest absolute Gasteiger partial charge is 0.132 e. The minimum absolute atomic E-state index is 0.454. The first kappa shape index (κ1) is 11.1. The van der Waals surface area contributed by atoms with Crippen LogP contribution < -0.4 is 4.74 Å². The molecule has 2 aromatic rings. The van der Waals surface area contributed by atoms with Crippen molar-refractivity contribution in [2.24, 2.45) is 0 Å². The first-order chi connectivity index (χ1) is 7.74. The second-order valence-corrected chi connectivity index (χ2v) is 4.81. The van der Waals surface area contributed by atoms with E-state index in [9.17, 15) is 0 Å². The van der Waals surface area contributed by atoms with Gasteiger partial charge in [-0.05, 0) is 17.5 Å². The lowest BCUT2D eigenvalue weighted by Gasteiger charge is -2.14. The zero-order valence-corrected chi connectivity index (χ0v) is 10.5. The largest absolute Gasteiger partial charge is 0.496 e. The standard InChI is InChI=1S/C13H15NOS/c1-9(2)10-5-4-6-11(12(10)15-3)13-14-7-8-16-13/h4-9H,1-3H3. The highest BCUT2D eigenvalue weighted by Gasteiger charge is 2.14. The molecule has 3 heteroatoms. The topological polar surface area (TPSA) is 22.1 Å². The van der Waals surface area contributed by atoms with Crippen molar-refractivity contribution in [2.75, 3.05) is 7.11 Å². The summed E-state index contributed by atoms with van der Waals surface area (Å²) in [6.07, 6.45) is 1.82. The van der Waals surface area contributed by atoms with E-state index in [2.05, 4.69) is 37.0 Å². The molecule has 0 amide bonds. The Morgan fingerprint density at radius 1 is 1.31 bits per heavy atom. The minimum Gasteiger partial charge on any atom is -0.496 e. The van der Waals surface area contributed by atoms with Crippen molar-refractivity contribution in [2.45, 2.75) is 19.8 Å². The van der Waals surface area contributed by atoms with Gasteiger partial charge in [0.15, 0.2) is 0 Å². The highest BCUT2D eigenvalue weighted by molar-refractivity contribution is 7.13. The van der Waals surface area contributed by atoms with Gasteiger partial charge in [0.25, 0.3) is 0 Å². The van der Waals surface area contributed by atoms with Crippen LogP contribution in [0.15, 0.2) is 29.8 Å². The molecule has 0 saturated heterocycles. The number of benzene rings is 1. The van der Waals surface area contributed by atoms with E-state index in [1.54, 1.807) is 18.4 Å². The summed E-state index contributed by atoms with van der Waals surface area (Å²) in [6.45, 7) is 4.34. The van der Waals surface area contributed by atoms with Crippen LogP contribution in [0, 0.1) is 0 Å². The quantitative estimate of drug-likeness (QED) is 0.801. The van der Waals surface area contributed by atoms with Crippen molar-refractivity contribution in [3.05, 3.63) is 35.3 Å². The van der Waals surface area contributed by atoms with E-state index in [-0.39, 0.29) is 0 Å². The summed E-state index contributed by atoms with van der Waals surface area (Å²) < 4.78 is 5.53. The lowest BCUT2D eigenvalue weighted by atomic mass is 9.99. The zero-order chi connectivity index (χ0) is 11.5. The summed E-state index contributed by atoms with van der Waals surface area (Å²) in [6, 6.07) is 6.23. The van der Waals surface area contributed by atoms with E-state index in [4.69, 9.17) is 4.74 Å². The van der Waals surface area contributed by atoms with Crippen molar-refractivity contribution in [1.29, 1.82) is 0 Å². The molecule has 1 aromatic heterocycles. The average molecular weight is 233 g/mol. The molecule has 0 spiro atoms. The number of rotatable bonds is 3. The molecule has 1 aromatic carbocycles. The van der Waals surface area contributed by atoms with Crippen molar-refractivity contribution in [3.63, 3.8) is 0 Å². The summed E-state index contributed by atoms with van der Waals surface area (Å²) in [5, 5.41) is 3.00. The van der Waals surface area contributed by atoms with Gasteiger partial charge in [0.05, 0.1) is 12.7 Å². The van der Waals surface area contributed by atoms with Gasteiger partial charge in [0.2, 0.25) is 0 Å². The third kappa shape index (κ3) is 1.95. The first-order valence-corrected chi connectivity index (χ1v) is 6.18. The number of hydrogen-bond acceptors (Lipinski definition) is 3. The molecular formula is C13H15NOS. The molecule has 0 fully saturated rings. The van der Waals surface area contributed by atoms with Gasteiger partial charge >= 0.3 is 0 Å². The van der Waals surface area contributed by atoms with Crippen LogP contribution >= 0.6 is 11.3 Å². The maximum absolute atomic E-state index is 5.53. The van der Waals surface area contributed by atoms with Gasteiger partial charge in [-0.1, -0.05) is 26.0 Å². The zero-order valence-electron chi connectivity index (χ0n) is 9.73. The fourth-order valence-corrected chi connectivity index (χ4v) is 2.42. The Bertz CT molecular complexity index is 463. The van der Waals surface area contributed by atoms with E-state index >= 15 is 0 Å². The normalized spacial score (nSPS) is 10.8. The van der Waals surface area contributed by atoms with Crippen molar-refractivity contribution >= 4 is 11.3 Å². The Kier molecular flexibility index (Phi) is 3.25. The maximum atomic E-state index is 5.53. The molecule has 0 aliphatic carbocycles. The van der Waals surface area contributed by atoms with Gasteiger partial charge in [-0.3, -0.25) is 0 Å². The fourth-order valence-electron chi connectivity index (χ4n) is 1.76. The molecule has 0 saturated carbocycles. The molecule has 0 aliphatic heterocycles. The van der Waals surface area contributed by atoms with Crippen LogP contribution in [-0.4, -0.2) is 12.1 Å². The number of methoxy groups -OCH3 is 1. The van der Waals surface area contributed by atoms with E-state index < -0.39 is 0 Å². The lowest BCUT2D eigenvalue weighted by molar-refractivity contribution is 0.409. The van der Waals surface area contributed by atoms with Crippen LogP contribution in [0.3, 0.4) is 0 Å². The number of ether oxygens (including phenoxy) is 1. The third-order valence-corrected chi connectivity index (χ3v) is 3.34. The summed E-state index contributed by atoms with van der Waals surface area (Å²) in [4.78, 5) is 4.33. The number of aromatic nitrogens is 1. The van der Waals surface area contributed by atoms with Gasteiger partial charge in [0, 0.05) is 11.6 Å². The van der Waals surface area contributed by atoms with Crippen molar-refractivity contribution < 1.29 is 4.74 Å². The Balaban J connectivity index is 2.58. The molecule has 0 N–H and O–H groups in total. The van der Waals surface area contributed by atoms with Gasteiger partial charge in [-0.2, -0.15) is 0 Å². The van der Waals surface area contributed by atoms with Gasteiger partial charge in [0.1, 0.15) is 10.8 Å². The predicted molar refractivity (Wildman–Crippen MR) is 68.2 cm³/mol. The molecule has 0 bridgehead atoms. The SMILES string of the molecule is COc1c(-c2nccs2)cccc1C(C)C. The van der Waals surface area contributed by atoms with Crippen molar-refractivity contribution in [3.8, 4) is 16.3 Å². The Morgan fingerprint density at radius 3 is 2.69 bits per heavy atom. The number of thiazole rings is 1. The first-order valence-electron chi connectivity index (χ1n) is 5.30. The van der Waals surface area contributed by atoms with Gasteiger partial charge in [-0.15, -0.1) is 11.3 Å². The molecule has 2 nitrogen and oxygen atoms in total. The summed E-state index contributed by atoms with van der Waals surface area (Å²) >= 11 is 1.63. The predicted octanol–water partition coefficient (Wildman–Crippen LogP) is 3.94. The summed E-state index contributed by atoms with van der Waals surface area (Å²) in [5.74, 6) is 1.40. The maximum Gasteiger partial charge on any atom is 0.132 e. The van der Waals surface area contributed by atoms with Gasteiger partial charge in [-0.25, -0.2) is 4.98 Å². The Hall–Kier alpha value is -1.35. The molecule has 0 aliphatic rings. The number of hydrogen-bond donors (Lipinski definition) is 0. The molecular weight excluding hydrogens is 218 g/mol. The van der Waals surface area contributed by atoms with Crippen LogP contribution in [-0.2, 0) is 0 Å². The van der Waals surface area contributed by atoms with E-state index in [0.717, 1.165) is 16.3 Å². The second kappa shape index (κ2) is 4.66. The second-order valence-electron chi connectivity index (χ2n) is 3.92. The van der Waals surface area contributed by atoms with Crippen LogP contribution in [0.4, 0.5) is 0 Å². The highest BCUT2D eigenvalue weighted by atomic mass is 32.1. The third-order valence-electron chi connectivity index (χ3n) is 2.53. The van der Waals surface area contributed by atoms with E-state index in [1.165, 1.54) is 5.56 Å². The van der Waals surface area contributed by atoms with Crippen LogP contribution in [0.25, 0.3) is 10.6 Å². The van der Waals surface area contributed by atoms with Crippen LogP contribution in [0.2, 0.25) is 0 Å². The van der Waals surface area contributed by atoms with E-state index in [0.29, 0.717) is 5.92 Å². The molecule has 0 atom stereocenters. The molecule has 16 heavy (non-hydrogen) atoms. The number of para-hydroxylation sites is 1. The van der Waals surface area contributed by atoms with E-state index in [1.807, 2.05) is 11.6 Å². The van der Waals surface area contributed by atoms with Crippen LogP contribution in [0.1, 0.15) is 25.3 Å². The average Bonchev–Trinajstić information content (AvgIpc) is 2.81. The summed E-state index contributed by atoms with van der Waals surface area (Å²) in [7, 11) is 1.72. The van der Waals surface area contributed by atoms with Gasteiger partial charge < -0.3 is 4.74 Å². The molecule has 0 radical (unpaired) electrons. The fraction of sp³-hybridized carbons (Fsp3) is 0.308. The minimum atomic E-state index is 0.454. The molecule has 1 heterocycles. The highest BCUT2D eigenvalue weighted by Crippen LogP contribution is 2.37. The Morgan fingerprint density at radius 2 is 2.12 bits per heavy atom. The van der Waals surface area contributed by atoms with Crippen molar-refractivity contribution in [1.82, 2.24) is 4.98 Å². The molecule has 84 valence electrons. The Labute approximate surface area is 99.9 Å². The summed E-state index contributed by atoms with van der Waals surface area (Å²) in [5.41, 5.74) is 2.32. The number of nitrogens with zero attached hydrogens (tertiary/aromatic N) is 1.